The van der Waals surface area contributed by atoms with E-state index in [9.17, 15) is 13.2 Å². The van der Waals surface area contributed by atoms with Gasteiger partial charge in [-0.1, -0.05) is 12.1 Å². The number of aromatic nitrogens is 1. The van der Waals surface area contributed by atoms with E-state index in [-0.39, 0.29) is 11.7 Å². The molecule has 5 rings (SSSR count). The Morgan fingerprint density at radius 2 is 1.73 bits per heavy atom. The van der Waals surface area contributed by atoms with Crippen molar-refractivity contribution in [3.05, 3.63) is 71.5 Å². The summed E-state index contributed by atoms with van der Waals surface area (Å²) in [7, 11) is -3.35. The molecule has 2 aliphatic heterocycles. The molecule has 0 unspecified atom stereocenters. The van der Waals surface area contributed by atoms with Gasteiger partial charge in [-0.25, -0.2) is 8.42 Å². The first-order chi connectivity index (χ1) is 14.4. The monoisotopic (exact) mass is 424 g/mol. The van der Waals surface area contributed by atoms with Crippen LogP contribution in [0.3, 0.4) is 0 Å². The predicted octanol–water partition coefficient (Wildman–Crippen LogP) is 3.34. The molecule has 2 aliphatic rings. The number of hydrogen-bond donors (Lipinski definition) is 1. The topological polar surface area (TPSA) is 86.6 Å². The molecule has 7 nitrogen and oxygen atoms in total. The summed E-state index contributed by atoms with van der Waals surface area (Å²) in [5, 5.41) is 0. The lowest BCUT2D eigenvalue weighted by atomic mass is 9.90. The molecule has 0 saturated carbocycles. The average molecular weight is 424 g/mol. The van der Waals surface area contributed by atoms with E-state index in [0.29, 0.717) is 42.4 Å². The standard InChI is InChI=1S/C22H20N2O5S/c1-30(26,27)23-15-6-4-14(5-7-15)16-11-20(25)17-12-21-22(29-10-9-28-21)13-19(17)24-8-2-3-18(16)24/h2-8,12-13,16,23H,9-11H2,1H3/t16-/m0/s1. The minimum absolute atomic E-state index is 0.0222. The second-order valence-corrected chi connectivity index (χ2v) is 9.24. The predicted molar refractivity (Wildman–Crippen MR) is 112 cm³/mol. The van der Waals surface area contributed by atoms with Gasteiger partial charge in [0, 0.05) is 41.5 Å². The van der Waals surface area contributed by atoms with Gasteiger partial charge in [-0.15, -0.1) is 0 Å². The van der Waals surface area contributed by atoms with Crippen LogP contribution >= 0.6 is 0 Å². The summed E-state index contributed by atoms with van der Waals surface area (Å²) in [5.74, 6) is 1.10. The number of ether oxygens (including phenoxy) is 2. The highest BCUT2D eigenvalue weighted by atomic mass is 32.2. The fourth-order valence-corrected chi connectivity index (χ4v) is 4.65. The SMILES string of the molecule is CS(=O)(=O)Nc1ccc([C@@H]2CC(=O)c3cc4c(cc3-n3cccc32)OCCO4)cc1. The third kappa shape index (κ3) is 3.33. The number of Topliss-reactive ketones (excluding diaryl/α,β-unsaturated/α-hetero) is 1. The summed E-state index contributed by atoms with van der Waals surface area (Å²) in [4.78, 5) is 13.2. The largest absolute Gasteiger partial charge is 0.486 e. The maximum absolute atomic E-state index is 13.2. The van der Waals surface area contributed by atoms with Gasteiger partial charge in [-0.3, -0.25) is 9.52 Å². The molecule has 0 bridgehead atoms. The molecule has 0 spiro atoms. The van der Waals surface area contributed by atoms with Crippen LogP contribution in [0.4, 0.5) is 5.69 Å². The Balaban J connectivity index is 1.57. The number of nitrogens with one attached hydrogen (secondary N) is 1. The second-order valence-electron chi connectivity index (χ2n) is 7.49. The molecule has 1 atom stereocenters. The molecule has 154 valence electrons. The zero-order chi connectivity index (χ0) is 20.9. The molecular formula is C22H20N2O5S. The molecule has 0 saturated heterocycles. The quantitative estimate of drug-likeness (QED) is 0.697. The fraction of sp³-hybridized carbons (Fsp3) is 0.227. The van der Waals surface area contributed by atoms with Crippen molar-refractivity contribution < 1.29 is 22.7 Å². The minimum atomic E-state index is -3.35. The van der Waals surface area contributed by atoms with E-state index in [1.54, 1.807) is 18.2 Å². The maximum Gasteiger partial charge on any atom is 0.229 e. The first kappa shape index (κ1) is 18.7. The number of anilines is 1. The molecule has 1 aromatic heterocycles. The zero-order valence-corrected chi connectivity index (χ0v) is 17.1. The van der Waals surface area contributed by atoms with Gasteiger partial charge in [-0.2, -0.15) is 0 Å². The molecule has 0 radical (unpaired) electrons. The van der Waals surface area contributed by atoms with Crippen LogP contribution in [0.25, 0.3) is 5.69 Å². The van der Waals surface area contributed by atoms with Crippen molar-refractivity contribution >= 4 is 21.5 Å². The van der Waals surface area contributed by atoms with Crippen LogP contribution in [0.1, 0.15) is 34.0 Å². The van der Waals surface area contributed by atoms with Crippen molar-refractivity contribution in [3.63, 3.8) is 0 Å². The van der Waals surface area contributed by atoms with Gasteiger partial charge in [-0.05, 0) is 35.9 Å². The number of rotatable bonds is 3. The van der Waals surface area contributed by atoms with Gasteiger partial charge in [0.2, 0.25) is 10.0 Å². The van der Waals surface area contributed by atoms with E-state index in [2.05, 4.69) is 4.72 Å². The second kappa shape index (κ2) is 6.91. The summed E-state index contributed by atoms with van der Waals surface area (Å²) < 4.78 is 38.8. The third-order valence-corrected chi connectivity index (χ3v) is 5.97. The Morgan fingerprint density at radius 3 is 2.43 bits per heavy atom. The van der Waals surface area contributed by atoms with Crippen molar-refractivity contribution in [2.45, 2.75) is 12.3 Å². The Labute approximate surface area is 174 Å². The van der Waals surface area contributed by atoms with Gasteiger partial charge in [0.1, 0.15) is 13.2 Å². The lowest BCUT2D eigenvalue weighted by Gasteiger charge is -2.21. The smallest absolute Gasteiger partial charge is 0.229 e. The summed E-state index contributed by atoms with van der Waals surface area (Å²) in [6, 6.07) is 14.8. The number of hydrogen-bond acceptors (Lipinski definition) is 5. The molecule has 1 N–H and O–H groups in total. The van der Waals surface area contributed by atoms with Crippen LogP contribution in [0.2, 0.25) is 0 Å². The van der Waals surface area contributed by atoms with E-state index in [4.69, 9.17) is 9.47 Å². The fourth-order valence-electron chi connectivity index (χ4n) is 4.08. The van der Waals surface area contributed by atoms with Gasteiger partial charge in [0.05, 0.1) is 11.9 Å². The van der Waals surface area contributed by atoms with Crippen LogP contribution in [-0.4, -0.2) is 38.2 Å². The van der Waals surface area contributed by atoms with Crippen molar-refractivity contribution in [2.24, 2.45) is 0 Å². The number of fused-ring (bicyclic) bond motifs is 4. The highest BCUT2D eigenvalue weighted by Crippen LogP contribution is 2.41. The van der Waals surface area contributed by atoms with Crippen LogP contribution in [0.5, 0.6) is 11.5 Å². The van der Waals surface area contributed by atoms with E-state index in [1.807, 2.05) is 41.1 Å². The molecule has 3 aromatic rings. The van der Waals surface area contributed by atoms with Crippen LogP contribution in [-0.2, 0) is 10.0 Å². The minimum Gasteiger partial charge on any atom is -0.486 e. The van der Waals surface area contributed by atoms with Crippen LogP contribution in [0, 0.1) is 0 Å². The Morgan fingerprint density at radius 1 is 1.03 bits per heavy atom. The van der Waals surface area contributed by atoms with E-state index < -0.39 is 10.0 Å². The highest BCUT2D eigenvalue weighted by molar-refractivity contribution is 7.92. The number of carbonyl (C=O) groups excluding carboxylic acids is 1. The van der Waals surface area contributed by atoms with Gasteiger partial charge < -0.3 is 14.0 Å². The molecule has 0 fully saturated rings. The first-order valence-corrected chi connectivity index (χ1v) is 11.5. The van der Waals surface area contributed by atoms with Crippen molar-refractivity contribution in [1.29, 1.82) is 0 Å². The summed E-state index contributed by atoms with van der Waals surface area (Å²) >= 11 is 0. The molecular weight excluding hydrogens is 404 g/mol. The number of carbonyl (C=O) groups is 1. The van der Waals surface area contributed by atoms with E-state index in [1.165, 1.54) is 0 Å². The van der Waals surface area contributed by atoms with Crippen LogP contribution in [0.15, 0.2) is 54.7 Å². The summed E-state index contributed by atoms with van der Waals surface area (Å²) in [6.45, 7) is 0.944. The maximum atomic E-state index is 13.2. The number of ketones is 1. The Hall–Kier alpha value is -3.26. The molecule has 3 heterocycles. The Kier molecular flexibility index (Phi) is 4.32. The van der Waals surface area contributed by atoms with Crippen LogP contribution < -0.4 is 14.2 Å². The van der Waals surface area contributed by atoms with Gasteiger partial charge in [0.25, 0.3) is 0 Å². The number of sulfonamides is 1. The van der Waals surface area contributed by atoms with Gasteiger partial charge >= 0.3 is 0 Å². The lowest BCUT2D eigenvalue weighted by Crippen LogP contribution is -2.16. The van der Waals surface area contributed by atoms with Gasteiger partial charge in [0.15, 0.2) is 17.3 Å². The molecule has 0 aliphatic carbocycles. The normalized spacial score (nSPS) is 17.6. The zero-order valence-electron chi connectivity index (χ0n) is 16.3. The first-order valence-electron chi connectivity index (χ1n) is 9.61. The van der Waals surface area contributed by atoms with Crippen molar-refractivity contribution in [3.8, 4) is 17.2 Å². The Bertz CT molecular complexity index is 1250. The number of nitrogens with zero attached hydrogens (tertiary/aromatic N) is 1. The summed E-state index contributed by atoms with van der Waals surface area (Å²) in [6.07, 6.45) is 3.35. The summed E-state index contributed by atoms with van der Waals surface area (Å²) in [5.41, 5.74) is 3.80. The molecule has 30 heavy (non-hydrogen) atoms. The van der Waals surface area contributed by atoms with E-state index in [0.717, 1.165) is 23.2 Å². The number of benzene rings is 2. The van der Waals surface area contributed by atoms with E-state index >= 15 is 0 Å². The van der Waals surface area contributed by atoms with Crippen molar-refractivity contribution in [2.75, 3.05) is 24.2 Å². The highest BCUT2D eigenvalue weighted by Gasteiger charge is 2.30. The lowest BCUT2D eigenvalue weighted by molar-refractivity contribution is 0.0978. The molecule has 2 aromatic carbocycles. The molecule has 0 amide bonds. The van der Waals surface area contributed by atoms with Crippen molar-refractivity contribution in [1.82, 2.24) is 4.57 Å². The third-order valence-electron chi connectivity index (χ3n) is 5.36. The average Bonchev–Trinajstić information content (AvgIpc) is 3.16. The molecule has 8 heteroatoms.